The molecule has 0 atom stereocenters. The summed E-state index contributed by atoms with van der Waals surface area (Å²) in [5.41, 5.74) is 1.82. The van der Waals surface area contributed by atoms with E-state index in [1.165, 1.54) is 6.33 Å². The van der Waals surface area contributed by atoms with Crippen molar-refractivity contribution in [3.63, 3.8) is 0 Å². The second kappa shape index (κ2) is 5.93. The molecule has 0 saturated heterocycles. The lowest BCUT2D eigenvalue weighted by atomic mass is 10.2. The molecule has 0 aliphatic carbocycles. The summed E-state index contributed by atoms with van der Waals surface area (Å²) in [7, 11) is 0. The molecule has 6 nitrogen and oxygen atoms in total. The normalized spacial score (nSPS) is 10.9. The van der Waals surface area contributed by atoms with E-state index in [4.69, 9.17) is 4.74 Å². The van der Waals surface area contributed by atoms with Gasteiger partial charge in [0.1, 0.15) is 24.2 Å². The third-order valence-electron chi connectivity index (χ3n) is 3.11. The average Bonchev–Trinajstić information content (AvgIpc) is 3.01. The Morgan fingerprint density at radius 2 is 1.86 bits per heavy atom. The van der Waals surface area contributed by atoms with Crippen LogP contribution in [-0.2, 0) is 0 Å². The van der Waals surface area contributed by atoms with Gasteiger partial charge >= 0.3 is 0 Å². The number of hydrogen-bond donors (Lipinski definition) is 0. The van der Waals surface area contributed by atoms with Gasteiger partial charge in [-0.3, -0.25) is 0 Å². The van der Waals surface area contributed by atoms with Crippen molar-refractivity contribution in [1.82, 2.24) is 24.7 Å². The number of rotatable bonds is 4. The van der Waals surface area contributed by atoms with Crippen LogP contribution in [0.1, 0.15) is 31.3 Å². The number of ether oxygens (including phenoxy) is 1. The third kappa shape index (κ3) is 3.11. The molecule has 112 valence electrons. The lowest BCUT2D eigenvalue weighted by molar-refractivity contribution is 0.456. The molecule has 22 heavy (non-hydrogen) atoms. The first-order valence-corrected chi connectivity index (χ1v) is 7.10. The van der Waals surface area contributed by atoms with E-state index in [0.29, 0.717) is 5.88 Å². The molecule has 0 spiro atoms. The van der Waals surface area contributed by atoms with E-state index in [2.05, 4.69) is 33.9 Å². The van der Waals surface area contributed by atoms with Crippen molar-refractivity contribution in [2.24, 2.45) is 0 Å². The predicted molar refractivity (Wildman–Crippen MR) is 82.3 cm³/mol. The summed E-state index contributed by atoms with van der Waals surface area (Å²) >= 11 is 0. The first kappa shape index (κ1) is 14.2. The SMILES string of the molecule is Cc1cc(Oc2ccc(-n3cncn3)cc2)nc(C(C)C)n1. The van der Waals surface area contributed by atoms with Crippen molar-refractivity contribution >= 4 is 0 Å². The van der Waals surface area contributed by atoms with Crippen LogP contribution in [0.5, 0.6) is 11.6 Å². The Kier molecular flexibility index (Phi) is 3.82. The first-order valence-electron chi connectivity index (χ1n) is 7.10. The highest BCUT2D eigenvalue weighted by molar-refractivity contribution is 5.37. The predicted octanol–water partition coefficient (Wildman–Crippen LogP) is 3.28. The molecule has 0 unspecified atom stereocenters. The molecule has 0 bridgehead atoms. The van der Waals surface area contributed by atoms with E-state index in [1.807, 2.05) is 37.3 Å². The smallest absolute Gasteiger partial charge is 0.222 e. The van der Waals surface area contributed by atoms with E-state index in [0.717, 1.165) is 23.0 Å². The van der Waals surface area contributed by atoms with Gasteiger partial charge in [0.25, 0.3) is 0 Å². The minimum absolute atomic E-state index is 0.261. The monoisotopic (exact) mass is 295 g/mol. The fourth-order valence-electron chi connectivity index (χ4n) is 2.00. The van der Waals surface area contributed by atoms with Crippen molar-refractivity contribution in [2.45, 2.75) is 26.7 Å². The number of benzene rings is 1. The lowest BCUT2D eigenvalue weighted by Gasteiger charge is -2.10. The van der Waals surface area contributed by atoms with Crippen molar-refractivity contribution in [1.29, 1.82) is 0 Å². The van der Waals surface area contributed by atoms with Gasteiger partial charge in [0.05, 0.1) is 5.69 Å². The Morgan fingerprint density at radius 3 is 2.50 bits per heavy atom. The van der Waals surface area contributed by atoms with E-state index >= 15 is 0 Å². The Labute approximate surface area is 128 Å². The van der Waals surface area contributed by atoms with Gasteiger partial charge in [0.15, 0.2) is 0 Å². The molecular formula is C16H17N5O. The van der Waals surface area contributed by atoms with Crippen LogP contribution in [0.25, 0.3) is 5.69 Å². The summed E-state index contributed by atoms with van der Waals surface area (Å²) in [5.74, 6) is 2.33. The third-order valence-corrected chi connectivity index (χ3v) is 3.11. The molecule has 0 saturated carbocycles. The molecule has 1 aromatic carbocycles. The topological polar surface area (TPSA) is 65.7 Å². The van der Waals surface area contributed by atoms with Crippen LogP contribution in [0.2, 0.25) is 0 Å². The number of aryl methyl sites for hydroxylation is 1. The maximum atomic E-state index is 5.83. The minimum Gasteiger partial charge on any atom is -0.439 e. The fraction of sp³-hybridized carbons (Fsp3) is 0.250. The van der Waals surface area contributed by atoms with Crippen molar-refractivity contribution in [2.75, 3.05) is 0 Å². The first-order chi connectivity index (χ1) is 10.6. The second-order valence-corrected chi connectivity index (χ2v) is 5.30. The maximum absolute atomic E-state index is 5.83. The van der Waals surface area contributed by atoms with Gasteiger partial charge in [-0.15, -0.1) is 0 Å². The standard InChI is InChI=1S/C16H17N5O/c1-11(2)16-19-12(3)8-15(20-16)22-14-6-4-13(5-7-14)21-10-17-9-18-21/h4-11H,1-3H3. The molecule has 3 rings (SSSR count). The van der Waals surface area contributed by atoms with Gasteiger partial charge in [-0.1, -0.05) is 13.8 Å². The summed E-state index contributed by atoms with van der Waals surface area (Å²) < 4.78 is 7.52. The second-order valence-electron chi connectivity index (χ2n) is 5.30. The van der Waals surface area contributed by atoms with E-state index < -0.39 is 0 Å². The zero-order valence-electron chi connectivity index (χ0n) is 12.8. The highest BCUT2D eigenvalue weighted by Gasteiger charge is 2.08. The summed E-state index contributed by atoms with van der Waals surface area (Å²) in [5, 5.41) is 4.09. The van der Waals surface area contributed by atoms with E-state index in [-0.39, 0.29) is 5.92 Å². The van der Waals surface area contributed by atoms with Gasteiger partial charge in [-0.2, -0.15) is 10.1 Å². The molecule has 0 radical (unpaired) electrons. The van der Waals surface area contributed by atoms with Crippen molar-refractivity contribution < 1.29 is 4.74 Å². The maximum Gasteiger partial charge on any atom is 0.222 e. The molecule has 2 aromatic heterocycles. The van der Waals surface area contributed by atoms with Crippen molar-refractivity contribution in [3.05, 3.63) is 54.5 Å². The molecule has 0 aliphatic rings. The molecular weight excluding hydrogens is 278 g/mol. The van der Waals surface area contributed by atoms with Crippen LogP contribution < -0.4 is 4.74 Å². The molecule has 0 N–H and O–H groups in total. The van der Waals surface area contributed by atoms with E-state index in [1.54, 1.807) is 11.0 Å². The van der Waals surface area contributed by atoms with Crippen molar-refractivity contribution in [3.8, 4) is 17.3 Å². The minimum atomic E-state index is 0.261. The van der Waals surface area contributed by atoms with Gasteiger partial charge in [0.2, 0.25) is 5.88 Å². The summed E-state index contributed by atoms with van der Waals surface area (Å²) in [6.07, 6.45) is 3.15. The zero-order chi connectivity index (χ0) is 15.5. The summed E-state index contributed by atoms with van der Waals surface area (Å²) in [4.78, 5) is 12.8. The highest BCUT2D eigenvalue weighted by Crippen LogP contribution is 2.23. The highest BCUT2D eigenvalue weighted by atomic mass is 16.5. The Morgan fingerprint density at radius 1 is 1.09 bits per heavy atom. The van der Waals surface area contributed by atoms with Crippen LogP contribution in [0, 0.1) is 6.92 Å². The number of nitrogens with zero attached hydrogens (tertiary/aromatic N) is 5. The number of hydrogen-bond acceptors (Lipinski definition) is 5. The van der Waals surface area contributed by atoms with E-state index in [9.17, 15) is 0 Å². The molecule has 3 aromatic rings. The van der Waals surface area contributed by atoms with Gasteiger partial charge < -0.3 is 4.74 Å². The summed E-state index contributed by atoms with van der Waals surface area (Å²) in [6.45, 7) is 6.06. The molecule has 2 heterocycles. The molecule has 0 amide bonds. The van der Waals surface area contributed by atoms with Crippen LogP contribution in [0.3, 0.4) is 0 Å². The van der Waals surface area contributed by atoms with Gasteiger partial charge in [0, 0.05) is 17.7 Å². The van der Waals surface area contributed by atoms with Crippen LogP contribution >= 0.6 is 0 Å². The Bertz CT molecular complexity index is 751. The lowest BCUT2D eigenvalue weighted by Crippen LogP contribution is -2.01. The Balaban J connectivity index is 1.81. The largest absolute Gasteiger partial charge is 0.439 e. The average molecular weight is 295 g/mol. The Hall–Kier alpha value is -2.76. The summed E-state index contributed by atoms with van der Waals surface area (Å²) in [6, 6.07) is 9.42. The van der Waals surface area contributed by atoms with Crippen LogP contribution in [-0.4, -0.2) is 24.7 Å². The number of aromatic nitrogens is 5. The molecule has 0 aliphatic heterocycles. The van der Waals surface area contributed by atoms with Crippen LogP contribution in [0.15, 0.2) is 43.0 Å². The van der Waals surface area contributed by atoms with Crippen LogP contribution in [0.4, 0.5) is 0 Å². The molecule has 0 fully saturated rings. The quantitative estimate of drug-likeness (QED) is 0.739. The zero-order valence-corrected chi connectivity index (χ0v) is 12.8. The molecule has 6 heteroatoms. The van der Waals surface area contributed by atoms with Gasteiger partial charge in [-0.05, 0) is 31.2 Å². The fourth-order valence-corrected chi connectivity index (χ4v) is 2.00. The van der Waals surface area contributed by atoms with Gasteiger partial charge in [-0.25, -0.2) is 14.6 Å².